The fourth-order valence-corrected chi connectivity index (χ4v) is 2.94. The van der Waals surface area contributed by atoms with Crippen molar-refractivity contribution in [3.63, 3.8) is 0 Å². The highest BCUT2D eigenvalue weighted by Gasteiger charge is 2.32. The van der Waals surface area contributed by atoms with Gasteiger partial charge in [-0.05, 0) is 12.8 Å². The molecule has 0 aromatic carbocycles. The van der Waals surface area contributed by atoms with Crippen LogP contribution in [0.2, 0.25) is 0 Å². The first kappa shape index (κ1) is 18.0. The second-order valence-corrected chi connectivity index (χ2v) is 7.07. The van der Waals surface area contributed by atoms with Crippen molar-refractivity contribution < 1.29 is 14.3 Å². The average Bonchev–Trinajstić information content (AvgIpc) is 2.38. The summed E-state index contributed by atoms with van der Waals surface area (Å²) in [5, 5.41) is 0. The molecule has 122 valence electrons. The van der Waals surface area contributed by atoms with Crippen molar-refractivity contribution >= 4 is 11.9 Å². The zero-order valence-electron chi connectivity index (χ0n) is 14.1. The Hall–Kier alpha value is -1.06. The van der Waals surface area contributed by atoms with Gasteiger partial charge in [-0.25, -0.2) is 0 Å². The molecular weight excluding hydrogens is 266 g/mol. The van der Waals surface area contributed by atoms with Gasteiger partial charge < -0.3 is 9.64 Å². The third kappa shape index (κ3) is 6.06. The molecule has 1 amide bonds. The summed E-state index contributed by atoms with van der Waals surface area (Å²) >= 11 is 0. The molecule has 0 atom stereocenters. The van der Waals surface area contributed by atoms with E-state index in [4.69, 9.17) is 4.74 Å². The third-order valence-electron chi connectivity index (χ3n) is 4.20. The molecule has 0 aliphatic heterocycles. The molecule has 21 heavy (non-hydrogen) atoms. The first-order valence-electron chi connectivity index (χ1n) is 8.24. The normalized spacial score (nSPS) is 17.7. The zero-order valence-corrected chi connectivity index (χ0v) is 14.1. The number of hydrogen-bond acceptors (Lipinski definition) is 3. The van der Waals surface area contributed by atoms with Gasteiger partial charge in [0.15, 0.2) is 0 Å². The number of methoxy groups -OCH3 is 1. The van der Waals surface area contributed by atoms with Crippen LogP contribution in [0.25, 0.3) is 0 Å². The van der Waals surface area contributed by atoms with E-state index in [-0.39, 0.29) is 24.3 Å². The number of esters is 1. The van der Waals surface area contributed by atoms with Crippen LogP contribution in [-0.4, -0.2) is 36.5 Å². The van der Waals surface area contributed by atoms with E-state index in [1.165, 1.54) is 39.2 Å². The Bertz CT molecular complexity index is 338. The molecule has 0 radical (unpaired) electrons. The summed E-state index contributed by atoms with van der Waals surface area (Å²) in [4.78, 5) is 26.1. The zero-order chi connectivity index (χ0) is 15.9. The Balaban J connectivity index is 2.77. The minimum absolute atomic E-state index is 0.150. The lowest BCUT2D eigenvalue weighted by Crippen LogP contribution is -2.47. The van der Waals surface area contributed by atoms with E-state index in [0.29, 0.717) is 6.54 Å². The van der Waals surface area contributed by atoms with Crippen LogP contribution >= 0.6 is 0 Å². The Morgan fingerprint density at radius 1 is 1.05 bits per heavy atom. The number of carbonyl (C=O) groups excluding carboxylic acids is 2. The van der Waals surface area contributed by atoms with Crippen molar-refractivity contribution in [3.8, 4) is 0 Å². The summed E-state index contributed by atoms with van der Waals surface area (Å²) < 4.78 is 4.72. The van der Waals surface area contributed by atoms with Gasteiger partial charge in [-0.1, -0.05) is 52.9 Å². The maximum Gasteiger partial charge on any atom is 0.307 e. The minimum atomic E-state index is -0.404. The van der Waals surface area contributed by atoms with Crippen LogP contribution in [-0.2, 0) is 14.3 Å². The molecule has 0 unspecified atom stereocenters. The van der Waals surface area contributed by atoms with Crippen LogP contribution in [0.3, 0.4) is 0 Å². The Labute approximate surface area is 129 Å². The van der Waals surface area contributed by atoms with E-state index < -0.39 is 5.41 Å². The molecule has 0 bridgehead atoms. The van der Waals surface area contributed by atoms with E-state index in [9.17, 15) is 9.59 Å². The highest BCUT2D eigenvalue weighted by atomic mass is 16.5. The van der Waals surface area contributed by atoms with Crippen molar-refractivity contribution in [2.24, 2.45) is 5.41 Å². The van der Waals surface area contributed by atoms with Crippen LogP contribution in [0.15, 0.2) is 0 Å². The van der Waals surface area contributed by atoms with Crippen LogP contribution in [0, 0.1) is 5.41 Å². The average molecular weight is 297 g/mol. The lowest BCUT2D eigenvalue weighted by molar-refractivity contribution is -0.145. The maximum atomic E-state index is 12.7. The van der Waals surface area contributed by atoms with Crippen molar-refractivity contribution in [1.82, 2.24) is 4.90 Å². The van der Waals surface area contributed by atoms with Gasteiger partial charge in [0.25, 0.3) is 0 Å². The smallest absolute Gasteiger partial charge is 0.307 e. The van der Waals surface area contributed by atoms with Gasteiger partial charge in [0.1, 0.15) is 0 Å². The highest BCUT2D eigenvalue weighted by molar-refractivity contribution is 5.82. The fraction of sp³-hybridized carbons (Fsp3) is 0.882. The molecule has 0 spiro atoms. The van der Waals surface area contributed by atoms with E-state index in [1.54, 1.807) is 0 Å². The SMILES string of the molecule is COC(=O)CCN(C(=O)C(C)(C)C)C1CCCCCCC1. The summed E-state index contributed by atoms with van der Waals surface area (Å²) in [6, 6.07) is 0.279. The molecule has 1 rings (SSSR count). The Morgan fingerprint density at radius 3 is 2.05 bits per heavy atom. The molecule has 4 heteroatoms. The second kappa shape index (κ2) is 8.40. The molecule has 1 saturated carbocycles. The summed E-state index contributed by atoms with van der Waals surface area (Å²) in [7, 11) is 1.40. The molecule has 0 heterocycles. The van der Waals surface area contributed by atoms with Gasteiger partial charge >= 0.3 is 5.97 Å². The number of ether oxygens (including phenoxy) is 1. The summed E-state index contributed by atoms with van der Waals surface area (Å²) in [6.07, 6.45) is 8.58. The van der Waals surface area contributed by atoms with Crippen molar-refractivity contribution in [3.05, 3.63) is 0 Å². The number of nitrogens with zero attached hydrogens (tertiary/aromatic N) is 1. The van der Waals surface area contributed by atoms with Crippen LogP contribution in [0.4, 0.5) is 0 Å². The standard InChI is InChI=1S/C17H31NO3/c1-17(2,3)16(20)18(13-12-15(19)21-4)14-10-8-6-5-7-9-11-14/h14H,5-13H2,1-4H3. The lowest BCUT2D eigenvalue weighted by Gasteiger charge is -2.37. The van der Waals surface area contributed by atoms with Crippen molar-refractivity contribution in [1.29, 1.82) is 0 Å². The molecular formula is C17H31NO3. The third-order valence-corrected chi connectivity index (χ3v) is 4.20. The van der Waals surface area contributed by atoms with Gasteiger partial charge in [0.05, 0.1) is 13.5 Å². The van der Waals surface area contributed by atoms with E-state index in [0.717, 1.165) is 12.8 Å². The Kier molecular flexibility index (Phi) is 7.20. The van der Waals surface area contributed by atoms with Crippen molar-refractivity contribution in [2.45, 2.75) is 78.2 Å². The second-order valence-electron chi connectivity index (χ2n) is 7.07. The Morgan fingerprint density at radius 2 is 1.57 bits per heavy atom. The topological polar surface area (TPSA) is 46.6 Å². The monoisotopic (exact) mass is 297 g/mol. The van der Waals surface area contributed by atoms with Gasteiger partial charge in [0.2, 0.25) is 5.91 Å². The summed E-state index contributed by atoms with van der Waals surface area (Å²) in [6.45, 7) is 6.32. The quantitative estimate of drug-likeness (QED) is 0.746. The first-order chi connectivity index (χ1) is 9.86. The van der Waals surface area contributed by atoms with Gasteiger partial charge in [-0.3, -0.25) is 9.59 Å². The molecule has 0 aromatic rings. The summed E-state index contributed by atoms with van der Waals surface area (Å²) in [5.41, 5.74) is -0.404. The van der Waals surface area contributed by atoms with E-state index in [1.807, 2.05) is 25.7 Å². The van der Waals surface area contributed by atoms with Gasteiger partial charge in [-0.2, -0.15) is 0 Å². The molecule has 0 aromatic heterocycles. The predicted molar refractivity (Wildman–Crippen MR) is 83.9 cm³/mol. The molecule has 0 N–H and O–H groups in total. The number of amides is 1. The largest absolute Gasteiger partial charge is 0.469 e. The number of rotatable bonds is 4. The minimum Gasteiger partial charge on any atom is -0.469 e. The van der Waals surface area contributed by atoms with Gasteiger partial charge in [-0.15, -0.1) is 0 Å². The molecule has 1 aliphatic carbocycles. The molecule has 0 saturated heterocycles. The number of carbonyl (C=O) groups is 2. The highest BCUT2D eigenvalue weighted by Crippen LogP contribution is 2.26. The fourth-order valence-electron chi connectivity index (χ4n) is 2.94. The van der Waals surface area contributed by atoms with Crippen molar-refractivity contribution in [2.75, 3.05) is 13.7 Å². The molecule has 1 fully saturated rings. The predicted octanol–water partition coefficient (Wildman–Crippen LogP) is 3.54. The van der Waals surface area contributed by atoms with Gasteiger partial charge in [0, 0.05) is 18.0 Å². The van der Waals surface area contributed by atoms with E-state index >= 15 is 0 Å². The lowest BCUT2D eigenvalue weighted by atomic mass is 9.90. The molecule has 4 nitrogen and oxygen atoms in total. The van der Waals surface area contributed by atoms with Crippen LogP contribution in [0.5, 0.6) is 0 Å². The van der Waals surface area contributed by atoms with Crippen LogP contribution in [0.1, 0.15) is 72.1 Å². The number of hydrogen-bond donors (Lipinski definition) is 0. The summed E-state index contributed by atoms with van der Waals surface area (Å²) in [5.74, 6) is -0.0930. The maximum absolute atomic E-state index is 12.7. The first-order valence-corrected chi connectivity index (χ1v) is 8.24. The van der Waals surface area contributed by atoms with E-state index in [2.05, 4.69) is 0 Å². The molecule has 1 aliphatic rings. The van der Waals surface area contributed by atoms with Crippen LogP contribution < -0.4 is 0 Å².